The quantitative estimate of drug-likeness (QED) is 0.163. The molecule has 63 heavy (non-hydrogen) atoms. The maximum Gasteiger partial charge on any atom is 0.264 e. The van der Waals surface area contributed by atoms with Crippen molar-refractivity contribution < 1.29 is 9.60 Å². The molecule has 4 heteroatoms. The molecule has 2 nitrogen and oxygen atoms in total. The van der Waals surface area contributed by atoms with Crippen molar-refractivity contribution in [3.63, 3.8) is 0 Å². The maximum absolute atomic E-state index is 9.88. The van der Waals surface area contributed by atoms with E-state index in [2.05, 4.69) is 161 Å². The molecule has 0 bridgehead atoms. The van der Waals surface area contributed by atoms with E-state index in [9.17, 15) is 5.48 Å². The highest BCUT2D eigenvalue weighted by atomic mass is 32.1. The Labute approximate surface area is 392 Å². The Bertz CT molecular complexity index is 3350. The highest BCUT2D eigenvalue weighted by Crippen LogP contribution is 2.53. The van der Waals surface area contributed by atoms with Gasteiger partial charge in [0, 0.05) is 43.2 Å². The maximum atomic E-state index is 9.88. The van der Waals surface area contributed by atoms with E-state index in [1.54, 1.807) is 11.3 Å². The van der Waals surface area contributed by atoms with Gasteiger partial charge in [-0.15, -0.1) is 11.3 Å². The SMILES string of the molecule is [2H]c1cc(C(C)(C)C)cc([2H])c1N1c2cc(C)cc3c2B(c2cc4c(cc2N3c2ccc(C(C)(C)C)cc2-c2c([2H])c([2H])c([2H])c([2H])c2[2H])C(C)(C)CCC4(C)C)c2sc3ccc(C(C)(C)C)cc3c21. The number of fused-ring (bicyclic) bond motifs is 7. The third-order valence-corrected chi connectivity index (χ3v) is 15.6. The van der Waals surface area contributed by atoms with Crippen LogP contribution in [0, 0.1) is 6.92 Å². The average Bonchev–Trinajstić information content (AvgIpc) is 3.64. The number of rotatable bonds is 3. The number of hydrogen-bond donors (Lipinski definition) is 0. The first-order chi connectivity index (χ1) is 32.4. The van der Waals surface area contributed by atoms with Crippen LogP contribution in [-0.4, -0.2) is 6.71 Å². The minimum Gasteiger partial charge on any atom is -0.311 e. The smallest absolute Gasteiger partial charge is 0.264 e. The van der Waals surface area contributed by atoms with E-state index >= 15 is 0 Å². The van der Waals surface area contributed by atoms with Crippen molar-refractivity contribution >= 4 is 78.0 Å². The van der Waals surface area contributed by atoms with Crippen LogP contribution in [0.5, 0.6) is 0 Å². The predicted octanol–water partition coefficient (Wildman–Crippen LogP) is 15.2. The molecule has 1 aromatic heterocycles. The second kappa shape index (κ2) is 14.0. The number of thiophene rings is 1. The van der Waals surface area contributed by atoms with E-state index in [1.807, 2.05) is 18.2 Å². The number of nitrogens with zero attached hydrogens (tertiary/aromatic N) is 2. The number of hydrogen-bond acceptors (Lipinski definition) is 3. The van der Waals surface area contributed by atoms with Gasteiger partial charge in [-0.3, -0.25) is 0 Å². The lowest BCUT2D eigenvalue weighted by molar-refractivity contribution is 0.332. The summed E-state index contributed by atoms with van der Waals surface area (Å²) in [6.07, 6.45) is 2.06. The highest BCUT2D eigenvalue weighted by molar-refractivity contribution is 7.33. The fourth-order valence-electron chi connectivity index (χ4n) is 10.4. The molecule has 0 saturated carbocycles. The minimum absolute atomic E-state index is 0.117. The van der Waals surface area contributed by atoms with Gasteiger partial charge < -0.3 is 9.80 Å². The minimum atomic E-state index is -0.422. The Morgan fingerprint density at radius 3 is 1.78 bits per heavy atom. The van der Waals surface area contributed by atoms with Crippen LogP contribution in [0.3, 0.4) is 0 Å². The summed E-state index contributed by atoms with van der Waals surface area (Å²) in [7, 11) is 0. The van der Waals surface area contributed by atoms with Crippen molar-refractivity contribution in [3.8, 4) is 11.1 Å². The van der Waals surface area contributed by atoms with E-state index in [4.69, 9.17) is 4.11 Å². The molecule has 320 valence electrons. The van der Waals surface area contributed by atoms with Crippen LogP contribution in [0.25, 0.3) is 21.2 Å². The summed E-state index contributed by atoms with van der Waals surface area (Å²) in [6, 6.07) is 25.3. The summed E-state index contributed by atoms with van der Waals surface area (Å²) < 4.78 is 67.3. The molecule has 7 aromatic rings. The van der Waals surface area contributed by atoms with E-state index in [0.717, 1.165) is 78.1 Å². The van der Waals surface area contributed by atoms with Crippen LogP contribution in [0.4, 0.5) is 34.1 Å². The van der Waals surface area contributed by atoms with Crippen molar-refractivity contribution in [2.45, 2.75) is 137 Å². The van der Waals surface area contributed by atoms with Crippen LogP contribution in [0.15, 0.2) is 115 Å². The van der Waals surface area contributed by atoms with E-state index in [1.165, 1.54) is 16.7 Å². The molecule has 3 aliphatic rings. The van der Waals surface area contributed by atoms with Crippen molar-refractivity contribution in [2.24, 2.45) is 0 Å². The zero-order valence-corrected chi connectivity index (χ0v) is 40.5. The number of aryl methyl sites for hydroxylation is 1. The van der Waals surface area contributed by atoms with Gasteiger partial charge in [-0.1, -0.05) is 151 Å². The molecule has 3 heterocycles. The molecule has 0 radical (unpaired) electrons. The Morgan fingerprint density at radius 2 is 1.16 bits per heavy atom. The molecule has 0 unspecified atom stereocenters. The largest absolute Gasteiger partial charge is 0.311 e. The van der Waals surface area contributed by atoms with Gasteiger partial charge in [-0.2, -0.15) is 0 Å². The summed E-state index contributed by atoms with van der Waals surface area (Å²) in [5, 5.41) is 1.10. The van der Waals surface area contributed by atoms with Gasteiger partial charge in [0.25, 0.3) is 6.71 Å². The molecule has 0 spiro atoms. The van der Waals surface area contributed by atoms with Crippen LogP contribution < -0.4 is 25.5 Å². The predicted molar refractivity (Wildman–Crippen MR) is 277 cm³/mol. The van der Waals surface area contributed by atoms with Crippen molar-refractivity contribution in [1.82, 2.24) is 0 Å². The fraction of sp³-hybridized carbons (Fsp3) is 0.356. The van der Waals surface area contributed by atoms with Gasteiger partial charge in [0.1, 0.15) is 0 Å². The second-order valence-corrected chi connectivity index (χ2v) is 24.0. The lowest BCUT2D eigenvalue weighted by Gasteiger charge is -2.47. The zero-order valence-electron chi connectivity index (χ0n) is 46.7. The van der Waals surface area contributed by atoms with Gasteiger partial charge in [0.05, 0.1) is 21.0 Å². The molecule has 0 N–H and O–H groups in total. The van der Waals surface area contributed by atoms with E-state index in [0.29, 0.717) is 16.9 Å². The molecular formula is C59H65BN2S. The van der Waals surface area contributed by atoms with Gasteiger partial charge in [-0.05, 0) is 151 Å². The fourth-order valence-corrected chi connectivity index (χ4v) is 11.7. The summed E-state index contributed by atoms with van der Waals surface area (Å²) in [4.78, 5) is 4.55. The van der Waals surface area contributed by atoms with Crippen LogP contribution in [0.2, 0.25) is 0 Å². The molecule has 2 aliphatic heterocycles. The third-order valence-electron chi connectivity index (χ3n) is 14.3. The lowest BCUT2D eigenvalue weighted by atomic mass is 9.35. The number of benzene rings is 6. The van der Waals surface area contributed by atoms with Gasteiger partial charge >= 0.3 is 0 Å². The normalized spacial score (nSPS) is 18.0. The first-order valence-corrected chi connectivity index (χ1v) is 23.6. The van der Waals surface area contributed by atoms with Crippen LogP contribution >= 0.6 is 11.3 Å². The van der Waals surface area contributed by atoms with Crippen LogP contribution in [-0.2, 0) is 27.1 Å². The molecule has 0 fully saturated rings. The molecular weight excluding hydrogens is 780 g/mol. The Hall–Kier alpha value is -5.06. The molecule has 6 aromatic carbocycles. The first kappa shape index (κ1) is 34.4. The third kappa shape index (κ3) is 6.72. The molecule has 10 rings (SSSR count). The summed E-state index contributed by atoms with van der Waals surface area (Å²) in [5.41, 5.74) is 13.8. The van der Waals surface area contributed by atoms with Gasteiger partial charge in [0.15, 0.2) is 0 Å². The molecule has 0 atom stereocenters. The first-order valence-electron chi connectivity index (χ1n) is 26.3. The standard InChI is InChI=1S/C59H65BN2S/c1-36-30-49-52-50(31-36)62(47-26-22-39(56(5,6)7)32-42(47)37-18-16-15-17-19-37)48-35-45-44(58(11,12)28-29-59(45,13)14)34-46(48)60(52)54-53(43-33-40(57(8,9)10)23-27-51(43)63-54)61(49)41-24-20-38(21-25-41)55(2,3)4/h15-27,30-35H,28-29H2,1-14H3/i15D,16D,17D,18D,19D,24D,25D. The zero-order chi connectivity index (χ0) is 50.8. The summed E-state index contributed by atoms with van der Waals surface area (Å²) in [6.45, 7) is 30.8. The second-order valence-electron chi connectivity index (χ2n) is 22.9. The topological polar surface area (TPSA) is 6.48 Å². The molecule has 0 amide bonds. The van der Waals surface area contributed by atoms with Crippen molar-refractivity contribution in [3.05, 3.63) is 148 Å². The Kier molecular flexibility index (Phi) is 7.62. The lowest BCUT2D eigenvalue weighted by Crippen LogP contribution is -2.61. The van der Waals surface area contributed by atoms with Crippen LogP contribution in [0.1, 0.15) is 146 Å². The Morgan fingerprint density at radius 1 is 0.587 bits per heavy atom. The van der Waals surface area contributed by atoms with E-state index in [-0.39, 0.29) is 75.6 Å². The monoisotopic (exact) mass is 852 g/mol. The molecule has 0 saturated heterocycles. The highest BCUT2D eigenvalue weighted by Gasteiger charge is 2.48. The summed E-state index contributed by atoms with van der Waals surface area (Å²) in [5.74, 6) is 0. The van der Waals surface area contributed by atoms with Gasteiger partial charge in [-0.25, -0.2) is 0 Å². The van der Waals surface area contributed by atoms with Crippen molar-refractivity contribution in [2.75, 3.05) is 9.80 Å². The van der Waals surface area contributed by atoms with E-state index < -0.39 is 6.04 Å². The Balaban J connectivity index is 1.40. The molecule has 1 aliphatic carbocycles. The average molecular weight is 852 g/mol. The van der Waals surface area contributed by atoms with Crippen molar-refractivity contribution in [1.29, 1.82) is 0 Å². The van der Waals surface area contributed by atoms with Gasteiger partial charge in [0.2, 0.25) is 0 Å². The summed E-state index contributed by atoms with van der Waals surface area (Å²) >= 11 is 1.80. The number of anilines is 6.